The van der Waals surface area contributed by atoms with Crippen LogP contribution in [0, 0.1) is 13.8 Å². The van der Waals surface area contributed by atoms with E-state index in [0.717, 1.165) is 40.3 Å². The van der Waals surface area contributed by atoms with Crippen molar-refractivity contribution in [3.8, 4) is 0 Å². The fourth-order valence-electron chi connectivity index (χ4n) is 5.52. The number of alkyl halides is 3. The maximum atomic E-state index is 14.0. The molecule has 1 fully saturated rings. The number of likely N-dealkylation sites (N-methyl/N-ethyl adjacent to an activating group) is 1. The number of nitrogens with zero attached hydrogens (tertiary/aromatic N) is 3. The second-order valence-electron chi connectivity index (χ2n) is 11.4. The van der Waals surface area contributed by atoms with Gasteiger partial charge in [-0.1, -0.05) is 12.1 Å². The van der Waals surface area contributed by atoms with Crippen LogP contribution < -0.4 is 5.32 Å². The molecule has 1 aliphatic rings. The molecule has 45 heavy (non-hydrogen) atoms. The van der Waals surface area contributed by atoms with Crippen LogP contribution in [0.2, 0.25) is 0 Å². The van der Waals surface area contributed by atoms with Gasteiger partial charge in [0.15, 0.2) is 5.78 Å². The van der Waals surface area contributed by atoms with Crippen LogP contribution in [0.1, 0.15) is 55.1 Å². The van der Waals surface area contributed by atoms with Crippen LogP contribution >= 0.6 is 0 Å². The predicted molar refractivity (Wildman–Crippen MR) is 162 cm³/mol. The van der Waals surface area contributed by atoms with Crippen LogP contribution in [-0.2, 0) is 28.7 Å². The Morgan fingerprint density at radius 1 is 1.09 bits per heavy atom. The summed E-state index contributed by atoms with van der Waals surface area (Å²) in [7, 11) is 3.94. The maximum Gasteiger partial charge on any atom is 0.416 e. The summed E-state index contributed by atoms with van der Waals surface area (Å²) in [5, 5.41) is 3.58. The minimum Gasteiger partial charge on any atom is -0.344 e. The van der Waals surface area contributed by atoms with E-state index in [1.165, 1.54) is 12.1 Å². The molecule has 12 heteroatoms. The molecule has 236 valence electrons. The summed E-state index contributed by atoms with van der Waals surface area (Å²) in [5.74, 6) is -0.834. The van der Waals surface area contributed by atoms with Crippen LogP contribution in [0.25, 0.3) is 11.0 Å². The molecule has 1 amide bonds. The lowest BCUT2D eigenvalue weighted by Gasteiger charge is -2.22. The van der Waals surface area contributed by atoms with E-state index in [1.807, 2.05) is 38.1 Å². The molecule has 0 saturated carbocycles. The minimum atomic E-state index is -4.60. The molecule has 9 nitrogen and oxygen atoms in total. The van der Waals surface area contributed by atoms with Gasteiger partial charge < -0.3 is 15.2 Å². The average Bonchev–Trinajstić information content (AvgIpc) is 3.59. The number of aryl methyl sites for hydroxylation is 2. The van der Waals surface area contributed by atoms with Crippen molar-refractivity contribution in [3.63, 3.8) is 0 Å². The van der Waals surface area contributed by atoms with Gasteiger partial charge in [-0.05, 0) is 87.5 Å². The fraction of sp³-hybridized carbons (Fsp3) is 0.333. The predicted octanol–water partition coefficient (Wildman–Crippen LogP) is 5.43. The number of carbonyl (C=O) groups excluding carboxylic acids is 4. The quantitative estimate of drug-likeness (QED) is 0.252. The monoisotopic (exact) mass is 621 g/mol. The molecule has 1 atom stereocenters. The Morgan fingerprint density at radius 3 is 2.49 bits per heavy atom. The number of amides is 1. The van der Waals surface area contributed by atoms with Gasteiger partial charge in [0.25, 0.3) is 5.91 Å². The van der Waals surface area contributed by atoms with Crippen LogP contribution in [-0.4, -0.2) is 70.8 Å². The molecular weight excluding hydrogens is 587 g/mol. The van der Waals surface area contributed by atoms with Crippen LogP contribution in [0.15, 0.2) is 54.7 Å². The third-order valence-corrected chi connectivity index (χ3v) is 7.87. The Bertz CT molecular complexity index is 1740. The number of aromatic nitrogens is 2. The van der Waals surface area contributed by atoms with Crippen LogP contribution in [0.3, 0.4) is 0 Å². The molecule has 1 unspecified atom stereocenters. The molecule has 1 saturated heterocycles. The number of hydrogen-bond donors (Lipinski definition) is 2. The smallest absolute Gasteiger partial charge is 0.344 e. The molecule has 2 aromatic carbocycles. The van der Waals surface area contributed by atoms with Crippen molar-refractivity contribution < 1.29 is 32.3 Å². The van der Waals surface area contributed by atoms with Crippen LogP contribution in [0.5, 0.6) is 0 Å². The van der Waals surface area contributed by atoms with Crippen molar-refractivity contribution in [3.05, 3.63) is 93.8 Å². The normalized spacial score (nSPS) is 15.1. The number of anilines is 1. The highest BCUT2D eigenvalue weighted by atomic mass is 19.4. The average molecular weight is 622 g/mol. The van der Waals surface area contributed by atoms with Gasteiger partial charge in [0.05, 0.1) is 5.56 Å². The number of aromatic amines is 1. The van der Waals surface area contributed by atoms with Gasteiger partial charge in [-0.3, -0.25) is 14.5 Å². The Balaban J connectivity index is 0.00000148. The number of likely N-dealkylation sites (tertiary alicyclic amines) is 1. The zero-order valence-electron chi connectivity index (χ0n) is 25.4. The van der Waals surface area contributed by atoms with E-state index < -0.39 is 17.6 Å². The third kappa shape index (κ3) is 8.30. The number of hydrogen-bond acceptors (Lipinski definition) is 7. The molecule has 0 radical (unpaired) electrons. The molecule has 0 spiro atoms. The summed E-state index contributed by atoms with van der Waals surface area (Å²) in [6.45, 7) is 5.30. The number of halogens is 3. The van der Waals surface area contributed by atoms with Crippen molar-refractivity contribution in [2.24, 2.45) is 0 Å². The first-order chi connectivity index (χ1) is 21.3. The highest BCUT2D eigenvalue weighted by Gasteiger charge is 2.35. The number of nitrogens with one attached hydrogen (secondary N) is 2. The van der Waals surface area contributed by atoms with E-state index in [9.17, 15) is 22.8 Å². The number of ketones is 1. The first-order valence-corrected chi connectivity index (χ1v) is 14.3. The van der Waals surface area contributed by atoms with E-state index >= 15 is 0 Å². The number of carbonyl (C=O) groups is 2. The lowest BCUT2D eigenvalue weighted by molar-refractivity contribution is -0.191. The summed E-state index contributed by atoms with van der Waals surface area (Å²) in [6, 6.07) is 12.8. The highest BCUT2D eigenvalue weighted by molar-refractivity contribution is 6.06. The molecule has 4 aromatic rings. The number of H-pyrrole nitrogens is 1. The van der Waals surface area contributed by atoms with Gasteiger partial charge in [0.1, 0.15) is 5.65 Å². The summed E-state index contributed by atoms with van der Waals surface area (Å²) < 4.78 is 42.1. The first-order valence-electron chi connectivity index (χ1n) is 14.3. The van der Waals surface area contributed by atoms with Gasteiger partial charge in [0, 0.05) is 66.2 Å². The molecule has 5 rings (SSSR count). The summed E-state index contributed by atoms with van der Waals surface area (Å²) in [5.41, 5.74) is 3.18. The van der Waals surface area contributed by atoms with E-state index in [4.69, 9.17) is 9.59 Å². The second kappa shape index (κ2) is 14.0. The summed E-state index contributed by atoms with van der Waals surface area (Å²) in [6.07, 6.45) is -1.68. The Morgan fingerprint density at radius 2 is 1.82 bits per heavy atom. The molecule has 2 aromatic heterocycles. The minimum absolute atomic E-state index is 0.103. The largest absolute Gasteiger partial charge is 0.416 e. The van der Waals surface area contributed by atoms with E-state index in [0.29, 0.717) is 30.4 Å². The van der Waals surface area contributed by atoms with E-state index in [-0.39, 0.29) is 36.0 Å². The molecule has 2 N–H and O–H groups in total. The molecule has 0 bridgehead atoms. The topological polar surface area (TPSA) is 115 Å². The zero-order valence-corrected chi connectivity index (χ0v) is 25.4. The lowest BCUT2D eigenvalue weighted by Crippen LogP contribution is -2.31. The third-order valence-electron chi connectivity index (χ3n) is 7.87. The summed E-state index contributed by atoms with van der Waals surface area (Å²) in [4.78, 5) is 54.1. The number of Topliss-reactive ketones (excluding diaryl/α,β-unsaturated/α-hetero) is 1. The Labute approximate surface area is 258 Å². The number of pyridine rings is 1. The lowest BCUT2D eigenvalue weighted by atomic mass is 9.98. The number of rotatable bonds is 8. The van der Waals surface area contributed by atoms with Gasteiger partial charge in [0.2, 0.25) is 0 Å². The van der Waals surface area contributed by atoms with Crippen molar-refractivity contribution >= 4 is 34.6 Å². The van der Waals surface area contributed by atoms with Gasteiger partial charge >= 0.3 is 12.3 Å². The maximum absolute atomic E-state index is 14.0. The molecule has 1 aliphatic heterocycles. The van der Waals surface area contributed by atoms with Gasteiger partial charge in [-0.2, -0.15) is 22.8 Å². The standard InChI is InChI=1S/C32H34F3N5O2.CO2/c1-19-5-8-25(15-27(19)29(41)13-21-12-24-11-20(2)37-30(24)36-16-21)38-31(42)22-6-7-23(28(14-22)32(33,34)35)17-40-10-9-26(18-40)39(3)4;2-1-3/h5-8,11-12,14-16,26H,9-10,13,17-18H2,1-4H3,(H,36,37)(H,38,42);. The SMILES string of the molecule is Cc1cc2cc(CC(=O)c3cc(NC(=O)c4ccc(CN5CCC(N(C)C)C5)c(C(F)(F)F)c4)ccc3C)cnc2[nH]1.O=C=O. The van der Waals surface area contributed by atoms with Crippen molar-refractivity contribution in [1.82, 2.24) is 19.8 Å². The second-order valence-corrected chi connectivity index (χ2v) is 11.4. The number of fused-ring (bicyclic) bond motifs is 1. The number of benzene rings is 2. The van der Waals surface area contributed by atoms with Gasteiger partial charge in [-0.25, -0.2) is 4.98 Å². The molecular formula is C33H34F3N5O4. The molecule has 3 heterocycles. The fourth-order valence-corrected chi connectivity index (χ4v) is 5.52. The Kier molecular flexibility index (Phi) is 10.3. The van der Waals surface area contributed by atoms with E-state index in [2.05, 4.69) is 20.2 Å². The van der Waals surface area contributed by atoms with Crippen LogP contribution in [0.4, 0.5) is 18.9 Å². The van der Waals surface area contributed by atoms with Crippen molar-refractivity contribution in [2.75, 3.05) is 32.5 Å². The van der Waals surface area contributed by atoms with Crippen molar-refractivity contribution in [1.29, 1.82) is 0 Å². The Hall–Kier alpha value is -4.64. The van der Waals surface area contributed by atoms with Gasteiger partial charge in [-0.15, -0.1) is 0 Å². The van der Waals surface area contributed by atoms with Crippen molar-refractivity contribution in [2.45, 2.75) is 45.5 Å². The highest BCUT2D eigenvalue weighted by Crippen LogP contribution is 2.34. The molecule has 0 aliphatic carbocycles. The summed E-state index contributed by atoms with van der Waals surface area (Å²) >= 11 is 0. The first kappa shape index (κ1) is 33.3. The van der Waals surface area contributed by atoms with E-state index in [1.54, 1.807) is 31.3 Å². The zero-order chi connectivity index (χ0) is 32.9.